The topological polar surface area (TPSA) is 52.6 Å². The van der Waals surface area contributed by atoms with Gasteiger partial charge in [0.1, 0.15) is 0 Å². The summed E-state index contributed by atoms with van der Waals surface area (Å²) in [6.45, 7) is 11.5. The average molecular weight is 306 g/mol. The Labute approximate surface area is 132 Å². The van der Waals surface area contributed by atoms with Gasteiger partial charge in [0.15, 0.2) is 11.5 Å². The monoisotopic (exact) mass is 306 g/mol. The number of carbonyl (C=O) groups is 2. The Kier molecular flexibility index (Phi) is 6.60. The number of carbonyl (C=O) groups excluding carboxylic acids is 2. The Morgan fingerprint density at radius 2 is 1.05 bits per heavy atom. The lowest BCUT2D eigenvalue weighted by molar-refractivity contribution is -0.142. The third kappa shape index (κ3) is 4.86. The largest absolute Gasteiger partial charge is 0.422 e. The number of ether oxygens (including phenoxy) is 2. The molecular weight excluding hydrogens is 280 g/mol. The van der Waals surface area contributed by atoms with Gasteiger partial charge >= 0.3 is 11.9 Å². The standard InChI is InChI=1S/C18H26O4/c1-11(2)13(5)17(19)21-15-9-7-8-10-16(15)22-18(20)14(6)12(3)4/h7-14H,1-6H3. The highest BCUT2D eigenvalue weighted by Gasteiger charge is 2.23. The van der Waals surface area contributed by atoms with Crippen LogP contribution in [0.4, 0.5) is 0 Å². The molecule has 4 nitrogen and oxygen atoms in total. The van der Waals surface area contributed by atoms with Gasteiger partial charge in [-0.3, -0.25) is 9.59 Å². The Bertz CT molecular complexity index is 473. The van der Waals surface area contributed by atoms with Crippen LogP contribution in [0.3, 0.4) is 0 Å². The summed E-state index contributed by atoms with van der Waals surface area (Å²) < 4.78 is 10.8. The molecule has 0 aliphatic rings. The SMILES string of the molecule is CC(C)C(C)C(=O)Oc1ccccc1OC(=O)C(C)C(C)C. The van der Waals surface area contributed by atoms with Gasteiger partial charge in [-0.25, -0.2) is 0 Å². The van der Waals surface area contributed by atoms with E-state index in [0.717, 1.165) is 0 Å². The molecule has 0 radical (unpaired) electrons. The van der Waals surface area contributed by atoms with Crippen molar-refractivity contribution in [2.24, 2.45) is 23.7 Å². The Hall–Kier alpha value is -1.84. The first-order chi connectivity index (χ1) is 10.2. The Morgan fingerprint density at radius 3 is 1.32 bits per heavy atom. The lowest BCUT2D eigenvalue weighted by Gasteiger charge is -2.18. The zero-order valence-electron chi connectivity index (χ0n) is 14.3. The number of para-hydroxylation sites is 2. The van der Waals surface area contributed by atoms with E-state index in [1.165, 1.54) is 0 Å². The fraction of sp³-hybridized carbons (Fsp3) is 0.556. The molecule has 4 heteroatoms. The highest BCUT2D eigenvalue weighted by molar-refractivity contribution is 5.78. The van der Waals surface area contributed by atoms with Crippen LogP contribution in [-0.2, 0) is 9.59 Å². The van der Waals surface area contributed by atoms with Gasteiger partial charge < -0.3 is 9.47 Å². The summed E-state index contributed by atoms with van der Waals surface area (Å²) in [5, 5.41) is 0. The van der Waals surface area contributed by atoms with E-state index in [2.05, 4.69) is 0 Å². The lowest BCUT2D eigenvalue weighted by Crippen LogP contribution is -2.24. The van der Waals surface area contributed by atoms with Crippen molar-refractivity contribution in [1.29, 1.82) is 0 Å². The molecule has 0 aromatic heterocycles. The second-order valence-corrected chi connectivity index (χ2v) is 6.35. The van der Waals surface area contributed by atoms with Crippen LogP contribution in [0, 0.1) is 23.7 Å². The van der Waals surface area contributed by atoms with Crippen LogP contribution in [-0.4, -0.2) is 11.9 Å². The lowest BCUT2D eigenvalue weighted by atomic mass is 9.98. The third-order valence-electron chi connectivity index (χ3n) is 4.01. The number of esters is 2. The van der Waals surface area contributed by atoms with Crippen molar-refractivity contribution in [3.63, 3.8) is 0 Å². The summed E-state index contributed by atoms with van der Waals surface area (Å²) in [6.07, 6.45) is 0. The molecule has 0 aliphatic carbocycles. The molecule has 0 aliphatic heterocycles. The second kappa shape index (κ2) is 7.97. The van der Waals surface area contributed by atoms with E-state index in [9.17, 15) is 9.59 Å². The highest BCUT2D eigenvalue weighted by atomic mass is 16.6. The maximum atomic E-state index is 12.1. The summed E-state index contributed by atoms with van der Waals surface area (Å²) >= 11 is 0. The summed E-state index contributed by atoms with van der Waals surface area (Å²) in [5.74, 6) is -0.164. The first-order valence-corrected chi connectivity index (χ1v) is 7.76. The molecule has 2 unspecified atom stereocenters. The smallest absolute Gasteiger partial charge is 0.314 e. The summed E-state index contributed by atoms with van der Waals surface area (Å²) in [7, 11) is 0. The van der Waals surface area contributed by atoms with E-state index in [1.807, 2.05) is 41.5 Å². The van der Waals surface area contributed by atoms with Crippen molar-refractivity contribution >= 4 is 11.9 Å². The van der Waals surface area contributed by atoms with Crippen molar-refractivity contribution in [2.45, 2.75) is 41.5 Å². The van der Waals surface area contributed by atoms with Crippen molar-refractivity contribution in [3.8, 4) is 11.5 Å². The summed E-state index contributed by atoms with van der Waals surface area (Å²) in [4.78, 5) is 24.1. The Morgan fingerprint density at radius 1 is 0.727 bits per heavy atom. The minimum Gasteiger partial charge on any atom is -0.422 e. The van der Waals surface area contributed by atoms with Gasteiger partial charge in [-0.2, -0.15) is 0 Å². The summed E-state index contributed by atoms with van der Waals surface area (Å²) in [5.41, 5.74) is 0. The predicted molar refractivity (Wildman–Crippen MR) is 85.7 cm³/mol. The molecule has 0 amide bonds. The van der Waals surface area contributed by atoms with E-state index in [4.69, 9.17) is 9.47 Å². The van der Waals surface area contributed by atoms with Crippen molar-refractivity contribution in [2.75, 3.05) is 0 Å². The maximum absolute atomic E-state index is 12.1. The van der Waals surface area contributed by atoms with Crippen LogP contribution >= 0.6 is 0 Å². The molecule has 0 saturated heterocycles. The molecule has 1 aromatic rings. The summed E-state index contributed by atoms with van der Waals surface area (Å²) in [6, 6.07) is 6.75. The average Bonchev–Trinajstić information content (AvgIpc) is 2.47. The molecule has 1 aromatic carbocycles. The molecule has 0 saturated carbocycles. The maximum Gasteiger partial charge on any atom is 0.314 e. The van der Waals surface area contributed by atoms with Crippen LogP contribution in [0.1, 0.15) is 41.5 Å². The minimum absolute atomic E-state index is 0.183. The van der Waals surface area contributed by atoms with E-state index in [-0.39, 0.29) is 47.1 Å². The van der Waals surface area contributed by atoms with E-state index >= 15 is 0 Å². The number of hydrogen-bond acceptors (Lipinski definition) is 4. The van der Waals surface area contributed by atoms with Crippen LogP contribution in [0.5, 0.6) is 11.5 Å². The van der Waals surface area contributed by atoms with Crippen LogP contribution < -0.4 is 9.47 Å². The molecule has 0 spiro atoms. The number of benzene rings is 1. The van der Waals surface area contributed by atoms with Crippen molar-refractivity contribution < 1.29 is 19.1 Å². The first-order valence-electron chi connectivity index (χ1n) is 7.76. The van der Waals surface area contributed by atoms with Crippen LogP contribution in [0.15, 0.2) is 24.3 Å². The quantitative estimate of drug-likeness (QED) is 0.587. The molecule has 1 rings (SSSR count). The normalized spacial score (nSPS) is 13.8. The number of hydrogen-bond donors (Lipinski definition) is 0. The van der Waals surface area contributed by atoms with Gasteiger partial charge in [0, 0.05) is 0 Å². The fourth-order valence-electron chi connectivity index (χ4n) is 1.57. The zero-order valence-corrected chi connectivity index (χ0v) is 14.3. The van der Waals surface area contributed by atoms with Gasteiger partial charge in [-0.05, 0) is 24.0 Å². The Balaban J connectivity index is 2.86. The van der Waals surface area contributed by atoms with Gasteiger partial charge in [-0.15, -0.1) is 0 Å². The van der Waals surface area contributed by atoms with Gasteiger partial charge in [0.05, 0.1) is 11.8 Å². The molecule has 122 valence electrons. The van der Waals surface area contributed by atoms with Crippen molar-refractivity contribution in [3.05, 3.63) is 24.3 Å². The second-order valence-electron chi connectivity index (χ2n) is 6.35. The molecule has 0 heterocycles. The van der Waals surface area contributed by atoms with E-state index in [1.54, 1.807) is 24.3 Å². The minimum atomic E-state index is -0.324. The predicted octanol–water partition coefficient (Wildman–Crippen LogP) is 4.08. The van der Waals surface area contributed by atoms with Gasteiger partial charge in [0.2, 0.25) is 0 Å². The van der Waals surface area contributed by atoms with E-state index in [0.29, 0.717) is 0 Å². The molecular formula is C18H26O4. The number of rotatable bonds is 6. The third-order valence-corrected chi connectivity index (χ3v) is 4.01. The van der Waals surface area contributed by atoms with Crippen LogP contribution in [0.25, 0.3) is 0 Å². The molecule has 0 bridgehead atoms. The van der Waals surface area contributed by atoms with Crippen LogP contribution in [0.2, 0.25) is 0 Å². The van der Waals surface area contributed by atoms with E-state index < -0.39 is 0 Å². The van der Waals surface area contributed by atoms with Gasteiger partial charge in [-0.1, -0.05) is 53.7 Å². The first kappa shape index (κ1) is 18.2. The van der Waals surface area contributed by atoms with Crippen molar-refractivity contribution in [1.82, 2.24) is 0 Å². The molecule has 22 heavy (non-hydrogen) atoms. The zero-order chi connectivity index (χ0) is 16.9. The highest BCUT2D eigenvalue weighted by Crippen LogP contribution is 2.29. The molecule has 0 fully saturated rings. The molecule has 2 atom stereocenters. The fourth-order valence-corrected chi connectivity index (χ4v) is 1.57. The van der Waals surface area contributed by atoms with Gasteiger partial charge in [0.25, 0.3) is 0 Å². The molecule has 0 N–H and O–H groups in total.